The van der Waals surface area contributed by atoms with Crippen LogP contribution in [-0.4, -0.2) is 41.2 Å². The standard InChI is InChI=1S/C16H24F3N5/c17-16(18,19)15-21-8-12(9-22-15)24-7-3-4-11(10-24)23-14-6-2-1-5-13(14)20/h8-9,11,13-14,23H,1-7,10,20H2. The number of piperidine rings is 1. The van der Waals surface area contributed by atoms with Crippen molar-refractivity contribution in [2.75, 3.05) is 18.0 Å². The van der Waals surface area contributed by atoms with Gasteiger partial charge in [0.1, 0.15) is 0 Å². The van der Waals surface area contributed by atoms with E-state index in [0.29, 0.717) is 17.8 Å². The van der Waals surface area contributed by atoms with Crippen molar-refractivity contribution in [3.05, 3.63) is 18.2 Å². The van der Waals surface area contributed by atoms with Crippen molar-refractivity contribution in [1.82, 2.24) is 15.3 Å². The molecular weight excluding hydrogens is 319 g/mol. The first-order valence-corrected chi connectivity index (χ1v) is 8.59. The van der Waals surface area contributed by atoms with E-state index in [1.165, 1.54) is 25.2 Å². The van der Waals surface area contributed by atoms with Crippen LogP contribution >= 0.6 is 0 Å². The zero-order chi connectivity index (χ0) is 17.2. The Kier molecular flexibility index (Phi) is 5.24. The zero-order valence-corrected chi connectivity index (χ0v) is 13.6. The monoisotopic (exact) mass is 343 g/mol. The van der Waals surface area contributed by atoms with Crippen LogP contribution in [0, 0.1) is 0 Å². The first-order chi connectivity index (χ1) is 11.4. The van der Waals surface area contributed by atoms with Crippen LogP contribution < -0.4 is 16.0 Å². The molecule has 1 aromatic rings. The van der Waals surface area contributed by atoms with E-state index in [-0.39, 0.29) is 6.04 Å². The van der Waals surface area contributed by atoms with Crippen LogP contribution in [0.4, 0.5) is 18.9 Å². The van der Waals surface area contributed by atoms with Gasteiger partial charge in [0, 0.05) is 31.2 Å². The van der Waals surface area contributed by atoms with Gasteiger partial charge in [0.2, 0.25) is 5.82 Å². The molecule has 2 aliphatic rings. The van der Waals surface area contributed by atoms with Gasteiger partial charge in [-0.15, -0.1) is 0 Å². The number of nitrogens with zero attached hydrogens (tertiary/aromatic N) is 3. The van der Waals surface area contributed by atoms with E-state index in [2.05, 4.69) is 20.2 Å². The van der Waals surface area contributed by atoms with Crippen LogP contribution in [0.1, 0.15) is 44.3 Å². The molecule has 0 amide bonds. The fourth-order valence-corrected chi connectivity index (χ4v) is 3.65. The van der Waals surface area contributed by atoms with Gasteiger partial charge in [-0.2, -0.15) is 13.2 Å². The van der Waals surface area contributed by atoms with Crippen molar-refractivity contribution in [3.8, 4) is 0 Å². The number of alkyl halides is 3. The summed E-state index contributed by atoms with van der Waals surface area (Å²) in [5, 5.41) is 3.66. The molecular formula is C16H24F3N5. The summed E-state index contributed by atoms with van der Waals surface area (Å²) in [5.74, 6) is -1.09. The van der Waals surface area contributed by atoms with Crippen LogP contribution in [0.2, 0.25) is 0 Å². The molecule has 0 spiro atoms. The van der Waals surface area contributed by atoms with Gasteiger partial charge in [0.05, 0.1) is 18.1 Å². The second-order valence-corrected chi connectivity index (χ2v) is 6.77. The molecule has 134 valence electrons. The fourth-order valence-electron chi connectivity index (χ4n) is 3.65. The van der Waals surface area contributed by atoms with E-state index in [1.54, 1.807) is 0 Å². The Morgan fingerprint density at radius 1 is 1.08 bits per heavy atom. The Bertz CT molecular complexity index is 534. The van der Waals surface area contributed by atoms with Crippen LogP contribution in [-0.2, 0) is 6.18 Å². The van der Waals surface area contributed by atoms with E-state index < -0.39 is 12.0 Å². The van der Waals surface area contributed by atoms with Gasteiger partial charge in [-0.25, -0.2) is 9.97 Å². The number of anilines is 1. The molecule has 1 aliphatic heterocycles. The summed E-state index contributed by atoms with van der Waals surface area (Å²) in [7, 11) is 0. The maximum atomic E-state index is 12.6. The Labute approximate surface area is 139 Å². The highest BCUT2D eigenvalue weighted by atomic mass is 19.4. The average molecular weight is 343 g/mol. The molecule has 0 bridgehead atoms. The predicted molar refractivity (Wildman–Crippen MR) is 85.6 cm³/mol. The molecule has 2 heterocycles. The first-order valence-electron chi connectivity index (χ1n) is 8.59. The summed E-state index contributed by atoms with van der Waals surface area (Å²) in [5.41, 5.74) is 6.84. The molecule has 3 unspecified atom stereocenters. The minimum absolute atomic E-state index is 0.198. The molecule has 0 aromatic carbocycles. The highest BCUT2D eigenvalue weighted by Gasteiger charge is 2.34. The molecule has 3 atom stereocenters. The van der Waals surface area contributed by atoms with Gasteiger partial charge in [0.15, 0.2) is 0 Å². The van der Waals surface area contributed by atoms with Crippen molar-refractivity contribution < 1.29 is 13.2 Å². The minimum Gasteiger partial charge on any atom is -0.367 e. The summed E-state index contributed by atoms with van der Waals surface area (Å²) < 4.78 is 37.7. The van der Waals surface area contributed by atoms with E-state index >= 15 is 0 Å². The zero-order valence-electron chi connectivity index (χ0n) is 13.6. The molecule has 2 fully saturated rings. The van der Waals surface area contributed by atoms with Crippen LogP contribution in [0.5, 0.6) is 0 Å². The lowest BCUT2D eigenvalue weighted by molar-refractivity contribution is -0.144. The van der Waals surface area contributed by atoms with Crippen molar-refractivity contribution in [2.24, 2.45) is 5.73 Å². The highest BCUT2D eigenvalue weighted by molar-refractivity contribution is 5.42. The highest BCUT2D eigenvalue weighted by Crippen LogP contribution is 2.27. The molecule has 1 saturated heterocycles. The Morgan fingerprint density at radius 2 is 1.79 bits per heavy atom. The predicted octanol–water partition coefficient (Wildman–Crippen LogP) is 2.32. The number of halogens is 3. The van der Waals surface area contributed by atoms with Crippen molar-refractivity contribution in [2.45, 2.75) is 62.8 Å². The molecule has 3 N–H and O–H groups in total. The fraction of sp³-hybridized carbons (Fsp3) is 0.750. The van der Waals surface area contributed by atoms with Crippen molar-refractivity contribution in [3.63, 3.8) is 0 Å². The largest absolute Gasteiger partial charge is 0.451 e. The Hall–Kier alpha value is -1.41. The summed E-state index contributed by atoms with van der Waals surface area (Å²) >= 11 is 0. The number of nitrogens with one attached hydrogen (secondary N) is 1. The second-order valence-electron chi connectivity index (χ2n) is 6.77. The van der Waals surface area contributed by atoms with E-state index in [4.69, 9.17) is 5.73 Å². The number of aromatic nitrogens is 2. The number of rotatable bonds is 3. The summed E-state index contributed by atoms with van der Waals surface area (Å²) in [4.78, 5) is 8.97. The lowest BCUT2D eigenvalue weighted by Crippen LogP contribution is -2.55. The summed E-state index contributed by atoms with van der Waals surface area (Å²) in [6.07, 6.45) is 4.63. The van der Waals surface area contributed by atoms with Crippen molar-refractivity contribution >= 4 is 5.69 Å². The van der Waals surface area contributed by atoms with Crippen molar-refractivity contribution in [1.29, 1.82) is 0 Å². The van der Waals surface area contributed by atoms with Crippen LogP contribution in [0.25, 0.3) is 0 Å². The normalized spacial score (nSPS) is 28.8. The maximum absolute atomic E-state index is 12.6. The molecule has 0 radical (unpaired) electrons. The Morgan fingerprint density at radius 3 is 2.46 bits per heavy atom. The third-order valence-electron chi connectivity index (χ3n) is 4.95. The summed E-state index contributed by atoms with van der Waals surface area (Å²) in [6, 6.07) is 0.839. The number of hydrogen-bond acceptors (Lipinski definition) is 5. The van der Waals surface area contributed by atoms with Gasteiger partial charge < -0.3 is 16.0 Å². The van der Waals surface area contributed by atoms with Gasteiger partial charge >= 0.3 is 6.18 Å². The topological polar surface area (TPSA) is 67.1 Å². The van der Waals surface area contributed by atoms with E-state index in [1.807, 2.05) is 0 Å². The smallest absolute Gasteiger partial charge is 0.367 e. The van der Waals surface area contributed by atoms with Gasteiger partial charge in [-0.05, 0) is 25.7 Å². The van der Waals surface area contributed by atoms with E-state index in [9.17, 15) is 13.2 Å². The molecule has 8 heteroatoms. The van der Waals surface area contributed by atoms with E-state index in [0.717, 1.165) is 38.8 Å². The van der Waals surface area contributed by atoms with Crippen LogP contribution in [0.3, 0.4) is 0 Å². The minimum atomic E-state index is -4.50. The van der Waals surface area contributed by atoms with Gasteiger partial charge in [0.25, 0.3) is 0 Å². The maximum Gasteiger partial charge on any atom is 0.451 e. The lowest BCUT2D eigenvalue weighted by atomic mass is 9.90. The first kappa shape index (κ1) is 17.4. The summed E-state index contributed by atoms with van der Waals surface area (Å²) in [6.45, 7) is 1.56. The second kappa shape index (κ2) is 7.23. The molecule has 3 rings (SSSR count). The molecule has 24 heavy (non-hydrogen) atoms. The molecule has 5 nitrogen and oxygen atoms in total. The molecule has 1 aliphatic carbocycles. The number of hydrogen-bond donors (Lipinski definition) is 2. The molecule has 1 aromatic heterocycles. The quantitative estimate of drug-likeness (QED) is 0.882. The SMILES string of the molecule is NC1CCCCC1NC1CCCN(c2cnc(C(F)(F)F)nc2)C1. The number of nitrogens with two attached hydrogens (primary N) is 1. The average Bonchev–Trinajstić information content (AvgIpc) is 2.57. The van der Waals surface area contributed by atoms with Crippen LogP contribution in [0.15, 0.2) is 12.4 Å². The lowest BCUT2D eigenvalue weighted by Gasteiger charge is -2.39. The molecule has 1 saturated carbocycles. The van der Waals surface area contributed by atoms with Gasteiger partial charge in [-0.3, -0.25) is 0 Å². The third-order valence-corrected chi connectivity index (χ3v) is 4.95. The third kappa shape index (κ3) is 4.16. The Balaban J connectivity index is 1.60. The van der Waals surface area contributed by atoms with Gasteiger partial charge in [-0.1, -0.05) is 12.8 Å².